The normalized spacial score (nSPS) is 29.6. The zero-order valence-electron chi connectivity index (χ0n) is 10.8. The third kappa shape index (κ3) is 2.42. The Morgan fingerprint density at radius 1 is 1.33 bits per heavy atom. The molecule has 104 valence electrons. The van der Waals surface area contributed by atoms with Gasteiger partial charge in [0.1, 0.15) is 0 Å². The minimum absolute atomic E-state index is 0. The van der Waals surface area contributed by atoms with Crippen molar-refractivity contribution in [1.82, 2.24) is 4.90 Å². The van der Waals surface area contributed by atoms with Gasteiger partial charge in [0.25, 0.3) is 0 Å². The lowest BCUT2D eigenvalue weighted by atomic mass is 9.77. The number of hydrogen-bond acceptors (Lipinski definition) is 2. The van der Waals surface area contributed by atoms with Crippen LogP contribution in [0.25, 0.3) is 0 Å². The summed E-state index contributed by atoms with van der Waals surface area (Å²) in [6.45, 7) is 5.96. The van der Waals surface area contributed by atoms with Crippen LogP contribution in [0.1, 0.15) is 46.5 Å². The van der Waals surface area contributed by atoms with Crippen LogP contribution in [0, 0.1) is 17.3 Å². The number of rotatable bonds is 3. The first-order valence-electron chi connectivity index (χ1n) is 7.06. The van der Waals surface area contributed by atoms with Crippen molar-refractivity contribution in [3.63, 3.8) is 0 Å². The van der Waals surface area contributed by atoms with E-state index in [1.165, 1.54) is 25.7 Å². The van der Waals surface area contributed by atoms with Crippen LogP contribution in [0.2, 0.25) is 0 Å². The van der Waals surface area contributed by atoms with Crippen molar-refractivity contribution in [2.45, 2.75) is 46.5 Å². The molecule has 1 spiro atoms. The van der Waals surface area contributed by atoms with Crippen LogP contribution in [0.4, 0.5) is 0 Å². The van der Waals surface area contributed by atoms with Gasteiger partial charge in [-0.25, -0.2) is 0 Å². The summed E-state index contributed by atoms with van der Waals surface area (Å²) in [4.78, 5) is 14.1. The Balaban J connectivity index is 0.00000120. The molecule has 3 fully saturated rings. The van der Waals surface area contributed by atoms with E-state index in [0.29, 0.717) is 23.7 Å². The molecule has 2 saturated heterocycles. The summed E-state index contributed by atoms with van der Waals surface area (Å²) >= 11 is 0. The Bertz CT molecular complexity index is 306. The fourth-order valence-corrected chi connectivity index (χ4v) is 3.68. The molecule has 3 rings (SSSR count). The Morgan fingerprint density at radius 3 is 2.56 bits per heavy atom. The first-order valence-corrected chi connectivity index (χ1v) is 7.06. The predicted molar refractivity (Wildman–Crippen MR) is 72.3 cm³/mol. The molecule has 1 saturated carbocycles. The molecule has 0 bridgehead atoms. The van der Waals surface area contributed by atoms with Gasteiger partial charge >= 0.3 is 0 Å². The van der Waals surface area contributed by atoms with Crippen molar-refractivity contribution in [3.05, 3.63) is 0 Å². The van der Waals surface area contributed by atoms with E-state index in [0.717, 1.165) is 32.2 Å². The molecule has 18 heavy (non-hydrogen) atoms. The Labute approximate surface area is 111 Å². The Kier molecular flexibility index (Phi) is 4.00. The van der Waals surface area contributed by atoms with E-state index in [1.807, 2.05) is 0 Å². The highest BCUT2D eigenvalue weighted by Crippen LogP contribution is 2.49. The molecule has 0 aromatic rings. The molecule has 0 radical (unpaired) electrons. The molecule has 3 nitrogen and oxygen atoms in total. The maximum Gasteiger partial charge on any atom is 0.223 e. The van der Waals surface area contributed by atoms with Crippen molar-refractivity contribution < 1.29 is 9.53 Å². The summed E-state index contributed by atoms with van der Waals surface area (Å²) in [5.74, 6) is 1.79. The van der Waals surface area contributed by atoms with Gasteiger partial charge < -0.3 is 9.64 Å². The van der Waals surface area contributed by atoms with E-state index in [9.17, 15) is 4.79 Å². The second-order valence-corrected chi connectivity index (χ2v) is 6.37. The zero-order chi connectivity index (χ0) is 11.9. The van der Waals surface area contributed by atoms with Gasteiger partial charge in [-0.15, -0.1) is 0 Å². The van der Waals surface area contributed by atoms with E-state index in [1.54, 1.807) is 0 Å². The number of likely N-dealkylation sites (tertiary alicyclic amines) is 1. The lowest BCUT2D eigenvalue weighted by molar-refractivity contribution is -0.148. The fraction of sp³-hybridized carbons (Fsp3) is 0.933. The van der Waals surface area contributed by atoms with Gasteiger partial charge in [0.2, 0.25) is 5.91 Å². The highest BCUT2D eigenvalue weighted by Gasteiger charge is 2.49. The van der Waals surface area contributed by atoms with Crippen molar-refractivity contribution in [3.8, 4) is 0 Å². The van der Waals surface area contributed by atoms with E-state index < -0.39 is 0 Å². The summed E-state index contributed by atoms with van der Waals surface area (Å²) in [6, 6.07) is 0. The van der Waals surface area contributed by atoms with Crippen molar-refractivity contribution in [2.75, 3.05) is 26.3 Å². The van der Waals surface area contributed by atoms with Crippen LogP contribution in [0.5, 0.6) is 0 Å². The van der Waals surface area contributed by atoms with E-state index in [-0.39, 0.29) is 7.43 Å². The average molecular weight is 253 g/mol. The predicted octanol–water partition coefficient (Wildman–Crippen LogP) is 2.70. The molecule has 1 amide bonds. The van der Waals surface area contributed by atoms with Gasteiger partial charge in [-0.1, -0.05) is 20.8 Å². The first kappa shape index (κ1) is 13.9. The minimum Gasteiger partial charge on any atom is -0.381 e. The monoisotopic (exact) mass is 253 g/mol. The number of amides is 1. The maximum atomic E-state index is 12.0. The standard InChI is InChI=1S/C14H23NO2.CH4/c1-2-11-3-4-14(6-11)9-15(10-14)13(16)5-12-7-17-8-12;/h11-12H,2-10H2,1H3;1H4. The van der Waals surface area contributed by atoms with Gasteiger partial charge in [-0.2, -0.15) is 0 Å². The van der Waals surface area contributed by atoms with Crippen molar-refractivity contribution in [2.24, 2.45) is 17.3 Å². The summed E-state index contributed by atoms with van der Waals surface area (Å²) in [7, 11) is 0. The highest BCUT2D eigenvalue weighted by atomic mass is 16.5. The molecule has 1 unspecified atom stereocenters. The number of hydrogen-bond donors (Lipinski definition) is 0. The molecule has 2 heterocycles. The van der Waals surface area contributed by atoms with Crippen molar-refractivity contribution in [1.29, 1.82) is 0 Å². The number of carbonyl (C=O) groups excluding carboxylic acids is 1. The quantitative estimate of drug-likeness (QED) is 0.774. The largest absolute Gasteiger partial charge is 0.381 e. The Hall–Kier alpha value is -0.570. The maximum absolute atomic E-state index is 12.0. The van der Waals surface area contributed by atoms with E-state index in [4.69, 9.17) is 4.74 Å². The second-order valence-electron chi connectivity index (χ2n) is 6.37. The van der Waals surface area contributed by atoms with Crippen LogP contribution in [0.15, 0.2) is 0 Å². The summed E-state index contributed by atoms with van der Waals surface area (Å²) in [5, 5.41) is 0. The molecular formula is C15H27NO2. The van der Waals surface area contributed by atoms with Crippen LogP contribution in [-0.2, 0) is 9.53 Å². The highest BCUT2D eigenvalue weighted by molar-refractivity contribution is 5.77. The molecule has 0 aromatic carbocycles. The van der Waals surface area contributed by atoms with E-state index >= 15 is 0 Å². The van der Waals surface area contributed by atoms with Crippen molar-refractivity contribution >= 4 is 5.91 Å². The SMILES string of the molecule is C.CCC1CCC2(C1)CN(C(=O)CC1COC1)C2. The van der Waals surface area contributed by atoms with Gasteiger partial charge in [0.05, 0.1) is 13.2 Å². The lowest BCUT2D eigenvalue weighted by Gasteiger charge is -2.49. The molecule has 0 N–H and O–H groups in total. The topological polar surface area (TPSA) is 29.5 Å². The summed E-state index contributed by atoms with van der Waals surface area (Å²) in [5.41, 5.74) is 0.520. The number of nitrogens with zero attached hydrogens (tertiary/aromatic N) is 1. The molecular weight excluding hydrogens is 226 g/mol. The second kappa shape index (κ2) is 5.20. The van der Waals surface area contributed by atoms with E-state index in [2.05, 4.69) is 11.8 Å². The zero-order valence-corrected chi connectivity index (χ0v) is 10.8. The smallest absolute Gasteiger partial charge is 0.223 e. The number of ether oxygens (including phenoxy) is 1. The first-order chi connectivity index (χ1) is 8.21. The summed E-state index contributed by atoms with van der Waals surface area (Å²) < 4.78 is 5.12. The molecule has 2 aliphatic heterocycles. The molecule has 1 atom stereocenters. The van der Waals surface area contributed by atoms with Crippen LogP contribution in [-0.4, -0.2) is 37.1 Å². The van der Waals surface area contributed by atoms with Gasteiger partial charge in [0, 0.05) is 30.8 Å². The molecule has 0 aromatic heterocycles. The Morgan fingerprint density at radius 2 is 2.06 bits per heavy atom. The minimum atomic E-state index is 0. The third-order valence-electron chi connectivity index (χ3n) is 4.96. The summed E-state index contributed by atoms with van der Waals surface area (Å²) in [6.07, 6.45) is 6.12. The van der Waals surface area contributed by atoms with Gasteiger partial charge in [0.15, 0.2) is 0 Å². The molecule has 3 aliphatic rings. The van der Waals surface area contributed by atoms with Gasteiger partial charge in [-0.05, 0) is 25.2 Å². The van der Waals surface area contributed by atoms with Gasteiger partial charge in [-0.3, -0.25) is 4.79 Å². The van der Waals surface area contributed by atoms with Crippen LogP contribution < -0.4 is 0 Å². The van der Waals surface area contributed by atoms with Crippen LogP contribution in [0.3, 0.4) is 0 Å². The van der Waals surface area contributed by atoms with Crippen LogP contribution >= 0.6 is 0 Å². The fourth-order valence-electron chi connectivity index (χ4n) is 3.68. The average Bonchev–Trinajstić information content (AvgIpc) is 2.65. The number of carbonyl (C=O) groups is 1. The third-order valence-corrected chi connectivity index (χ3v) is 4.96. The lowest BCUT2D eigenvalue weighted by Crippen LogP contribution is -2.57. The molecule has 3 heteroatoms. The molecule has 1 aliphatic carbocycles.